The highest BCUT2D eigenvalue weighted by atomic mass is 16.5. The second kappa shape index (κ2) is 5.28. The van der Waals surface area contributed by atoms with E-state index in [2.05, 4.69) is 32.7 Å². The molecule has 0 aliphatic carbocycles. The molecule has 0 radical (unpaired) electrons. The molecule has 3 heteroatoms. The smallest absolute Gasteiger partial charge is 0.0624 e. The Morgan fingerprint density at radius 2 is 2.13 bits per heavy atom. The van der Waals surface area contributed by atoms with Gasteiger partial charge in [0.1, 0.15) is 0 Å². The van der Waals surface area contributed by atoms with Crippen molar-refractivity contribution in [3.05, 3.63) is 0 Å². The lowest BCUT2D eigenvalue weighted by Crippen LogP contribution is -2.47. The Morgan fingerprint density at radius 3 is 2.67 bits per heavy atom. The van der Waals surface area contributed by atoms with Crippen molar-refractivity contribution in [3.8, 4) is 0 Å². The maximum Gasteiger partial charge on any atom is 0.0624 e. The van der Waals surface area contributed by atoms with E-state index in [9.17, 15) is 5.11 Å². The fourth-order valence-electron chi connectivity index (χ4n) is 1.83. The van der Waals surface area contributed by atoms with Crippen LogP contribution < -0.4 is 0 Å². The predicted molar refractivity (Wildman–Crippen MR) is 61.9 cm³/mol. The van der Waals surface area contributed by atoms with E-state index in [1.54, 1.807) is 0 Å². The van der Waals surface area contributed by atoms with Gasteiger partial charge < -0.3 is 14.7 Å². The molecule has 0 aromatic carbocycles. The van der Waals surface area contributed by atoms with Gasteiger partial charge in [0.25, 0.3) is 0 Å². The van der Waals surface area contributed by atoms with Crippen LogP contribution in [0.5, 0.6) is 0 Å². The van der Waals surface area contributed by atoms with E-state index in [4.69, 9.17) is 4.74 Å². The van der Waals surface area contributed by atoms with E-state index in [0.717, 1.165) is 19.4 Å². The van der Waals surface area contributed by atoms with Crippen LogP contribution in [0.3, 0.4) is 0 Å². The van der Waals surface area contributed by atoms with Crippen LogP contribution >= 0.6 is 0 Å². The van der Waals surface area contributed by atoms with Crippen molar-refractivity contribution in [2.24, 2.45) is 5.92 Å². The van der Waals surface area contributed by atoms with Gasteiger partial charge in [0.2, 0.25) is 0 Å². The minimum absolute atomic E-state index is 0.186. The van der Waals surface area contributed by atoms with Crippen molar-refractivity contribution in [1.82, 2.24) is 4.90 Å². The largest absolute Gasteiger partial charge is 0.393 e. The average molecular weight is 215 g/mol. The fraction of sp³-hybridized carbons (Fsp3) is 1.00. The van der Waals surface area contributed by atoms with Gasteiger partial charge in [-0.15, -0.1) is 0 Å². The summed E-state index contributed by atoms with van der Waals surface area (Å²) in [6, 6.07) is 0. The zero-order valence-electron chi connectivity index (χ0n) is 10.5. The van der Waals surface area contributed by atoms with Gasteiger partial charge in [0, 0.05) is 24.6 Å². The molecule has 15 heavy (non-hydrogen) atoms. The molecule has 1 heterocycles. The molecule has 0 amide bonds. The van der Waals surface area contributed by atoms with E-state index >= 15 is 0 Å². The minimum atomic E-state index is -0.186. The van der Waals surface area contributed by atoms with Crippen LogP contribution in [0.1, 0.15) is 33.6 Å². The Hall–Kier alpha value is -0.120. The summed E-state index contributed by atoms with van der Waals surface area (Å²) >= 11 is 0. The summed E-state index contributed by atoms with van der Waals surface area (Å²) in [5.41, 5.74) is 0.206. The Balaban J connectivity index is 2.45. The molecule has 3 nitrogen and oxygen atoms in total. The maximum absolute atomic E-state index is 9.85. The van der Waals surface area contributed by atoms with Crippen molar-refractivity contribution in [1.29, 1.82) is 0 Å². The van der Waals surface area contributed by atoms with E-state index in [0.29, 0.717) is 13.2 Å². The Kier molecular flexibility index (Phi) is 4.56. The molecule has 2 unspecified atom stereocenters. The molecular weight excluding hydrogens is 190 g/mol. The van der Waals surface area contributed by atoms with Crippen LogP contribution in [0.25, 0.3) is 0 Å². The molecule has 0 bridgehead atoms. The second-order valence-corrected chi connectivity index (χ2v) is 5.24. The first kappa shape index (κ1) is 12.9. The lowest BCUT2D eigenvalue weighted by molar-refractivity contribution is -0.0530. The first-order chi connectivity index (χ1) is 6.97. The number of ether oxygens (including phenoxy) is 1. The number of nitrogens with zero attached hydrogens (tertiary/aromatic N) is 1. The summed E-state index contributed by atoms with van der Waals surface area (Å²) in [7, 11) is 2.13. The summed E-state index contributed by atoms with van der Waals surface area (Å²) in [6.45, 7) is 9.00. The standard InChI is InChI=1S/C12H25NO2/c1-5-12(2,3)13(4)8-10-9-15-7-6-11(10)14/h10-11,14H,5-9H2,1-4H3. The third-order valence-corrected chi connectivity index (χ3v) is 3.84. The Labute approximate surface area is 93.4 Å². The summed E-state index contributed by atoms with van der Waals surface area (Å²) in [5, 5.41) is 9.85. The molecule has 90 valence electrons. The molecule has 1 aliphatic rings. The first-order valence-corrected chi connectivity index (χ1v) is 5.94. The number of hydrogen-bond donors (Lipinski definition) is 1. The topological polar surface area (TPSA) is 32.7 Å². The number of rotatable bonds is 4. The number of aliphatic hydroxyl groups is 1. The SMILES string of the molecule is CCC(C)(C)N(C)CC1COCCC1O. The molecule has 1 rings (SSSR count). The molecule has 1 aliphatic heterocycles. The van der Waals surface area contributed by atoms with E-state index < -0.39 is 0 Å². The van der Waals surface area contributed by atoms with Gasteiger partial charge >= 0.3 is 0 Å². The molecule has 0 aromatic rings. The Morgan fingerprint density at radius 1 is 1.47 bits per heavy atom. The monoisotopic (exact) mass is 215 g/mol. The lowest BCUT2D eigenvalue weighted by Gasteiger charge is -2.39. The van der Waals surface area contributed by atoms with Crippen molar-refractivity contribution < 1.29 is 9.84 Å². The zero-order valence-corrected chi connectivity index (χ0v) is 10.5. The van der Waals surface area contributed by atoms with Crippen molar-refractivity contribution >= 4 is 0 Å². The van der Waals surface area contributed by atoms with Gasteiger partial charge in [-0.3, -0.25) is 0 Å². The van der Waals surface area contributed by atoms with E-state index in [-0.39, 0.29) is 17.6 Å². The number of hydrogen-bond acceptors (Lipinski definition) is 3. The van der Waals surface area contributed by atoms with Gasteiger partial charge in [0.05, 0.1) is 12.7 Å². The third kappa shape index (κ3) is 3.44. The van der Waals surface area contributed by atoms with Crippen LogP contribution in [0, 0.1) is 5.92 Å². The quantitative estimate of drug-likeness (QED) is 0.771. The van der Waals surface area contributed by atoms with Gasteiger partial charge in [0.15, 0.2) is 0 Å². The summed E-state index contributed by atoms with van der Waals surface area (Å²) < 4.78 is 5.41. The minimum Gasteiger partial charge on any atom is -0.393 e. The first-order valence-electron chi connectivity index (χ1n) is 5.94. The normalized spacial score (nSPS) is 28.4. The summed E-state index contributed by atoms with van der Waals surface area (Å²) in [6.07, 6.45) is 1.71. The maximum atomic E-state index is 9.85. The van der Waals surface area contributed by atoms with Gasteiger partial charge in [-0.05, 0) is 33.7 Å². The molecule has 1 fully saturated rings. The highest BCUT2D eigenvalue weighted by Crippen LogP contribution is 2.21. The molecule has 0 aromatic heterocycles. The van der Waals surface area contributed by atoms with Gasteiger partial charge in [-0.2, -0.15) is 0 Å². The third-order valence-electron chi connectivity index (χ3n) is 3.84. The molecular formula is C12H25NO2. The average Bonchev–Trinajstić information content (AvgIpc) is 2.21. The van der Waals surface area contributed by atoms with Gasteiger partial charge in [-0.1, -0.05) is 6.92 Å². The van der Waals surface area contributed by atoms with Crippen molar-refractivity contribution in [2.75, 3.05) is 26.8 Å². The summed E-state index contributed by atoms with van der Waals surface area (Å²) in [4.78, 5) is 2.33. The zero-order chi connectivity index (χ0) is 11.5. The fourth-order valence-corrected chi connectivity index (χ4v) is 1.83. The predicted octanol–water partition coefficient (Wildman–Crippen LogP) is 1.50. The van der Waals surface area contributed by atoms with Crippen LogP contribution in [0.4, 0.5) is 0 Å². The van der Waals surface area contributed by atoms with Crippen LogP contribution in [-0.2, 0) is 4.74 Å². The summed E-state index contributed by atoms with van der Waals surface area (Å²) in [5.74, 6) is 0.273. The van der Waals surface area contributed by atoms with Crippen LogP contribution in [0.2, 0.25) is 0 Å². The molecule has 1 N–H and O–H groups in total. The van der Waals surface area contributed by atoms with Crippen LogP contribution in [-0.4, -0.2) is 48.5 Å². The van der Waals surface area contributed by atoms with Crippen molar-refractivity contribution in [2.45, 2.75) is 45.3 Å². The highest BCUT2D eigenvalue weighted by Gasteiger charge is 2.29. The second-order valence-electron chi connectivity index (χ2n) is 5.24. The molecule has 1 saturated heterocycles. The van der Waals surface area contributed by atoms with Crippen LogP contribution in [0.15, 0.2) is 0 Å². The van der Waals surface area contributed by atoms with Gasteiger partial charge in [-0.25, -0.2) is 0 Å². The molecule has 2 atom stereocenters. The highest BCUT2D eigenvalue weighted by molar-refractivity contribution is 4.82. The Bertz CT molecular complexity index is 194. The molecule has 0 spiro atoms. The van der Waals surface area contributed by atoms with Crippen molar-refractivity contribution in [3.63, 3.8) is 0 Å². The lowest BCUT2D eigenvalue weighted by atomic mass is 9.94. The van der Waals surface area contributed by atoms with E-state index in [1.807, 2.05) is 0 Å². The van der Waals surface area contributed by atoms with E-state index in [1.165, 1.54) is 0 Å². The molecule has 0 saturated carbocycles. The number of aliphatic hydroxyl groups excluding tert-OH is 1.